The lowest BCUT2D eigenvalue weighted by atomic mass is 9.42. The molecule has 4 saturated carbocycles. The van der Waals surface area contributed by atoms with Crippen LogP contribution in [0.5, 0.6) is 5.75 Å². The van der Waals surface area contributed by atoms with Gasteiger partial charge in [-0.2, -0.15) is 0 Å². The lowest BCUT2D eigenvalue weighted by Crippen LogP contribution is -2.59. The molecule has 34 heavy (non-hydrogen) atoms. The average Bonchev–Trinajstić information content (AvgIpc) is 2.83. The Bertz CT molecular complexity index is 1300. The van der Waals surface area contributed by atoms with Crippen molar-refractivity contribution in [3.05, 3.63) is 70.3 Å². The molecule has 1 N–H and O–H groups in total. The number of ether oxygens (including phenoxy) is 1. The summed E-state index contributed by atoms with van der Waals surface area (Å²) in [5.74, 6) is 2.80. The molecular weight excluding hydrogens is 426 g/mol. The molecule has 3 aromatic rings. The smallest absolute Gasteiger partial charge is 0.258 e. The summed E-state index contributed by atoms with van der Waals surface area (Å²) in [5.41, 5.74) is 1.60. The third kappa shape index (κ3) is 3.34. The third-order valence-corrected chi connectivity index (χ3v) is 8.61. The number of H-pyrrole nitrogens is 1. The number of hydrogen-bond acceptors (Lipinski definition) is 4. The zero-order chi connectivity index (χ0) is 23.5. The number of fused-ring (bicyclic) bond motifs is 1. The standard InChI is InChI=1S/C28H31N3O3/c1-31(16-24-29-23-6-4-3-5-22(23)25(32)30-24)26(33)28-14-18-11-19(15-28)13-27(12-18,17-28)20-7-9-21(34-2)10-8-20/h3-10,18-19H,11-17H2,1-2H3,(H,29,30,32). The van der Waals surface area contributed by atoms with Gasteiger partial charge in [-0.1, -0.05) is 24.3 Å². The summed E-state index contributed by atoms with van der Waals surface area (Å²) in [7, 11) is 3.55. The molecule has 1 aromatic heterocycles. The first kappa shape index (κ1) is 21.4. The summed E-state index contributed by atoms with van der Waals surface area (Å²) in [4.78, 5) is 35.8. The van der Waals surface area contributed by atoms with Crippen LogP contribution >= 0.6 is 0 Å². The molecule has 2 unspecified atom stereocenters. The van der Waals surface area contributed by atoms with Crippen LogP contribution in [0.2, 0.25) is 0 Å². The third-order valence-electron chi connectivity index (χ3n) is 8.61. The Morgan fingerprint density at radius 1 is 1.09 bits per heavy atom. The highest BCUT2D eigenvalue weighted by Crippen LogP contribution is 2.66. The number of carbonyl (C=O) groups is 1. The fourth-order valence-electron chi connectivity index (χ4n) is 7.71. The van der Waals surface area contributed by atoms with Gasteiger partial charge in [-0.25, -0.2) is 4.98 Å². The molecule has 4 aliphatic carbocycles. The van der Waals surface area contributed by atoms with E-state index in [0.717, 1.165) is 25.0 Å². The average molecular weight is 458 g/mol. The van der Waals surface area contributed by atoms with Crippen molar-refractivity contribution in [2.75, 3.05) is 14.2 Å². The van der Waals surface area contributed by atoms with Crippen molar-refractivity contribution in [1.29, 1.82) is 0 Å². The van der Waals surface area contributed by atoms with Crippen molar-refractivity contribution in [3.63, 3.8) is 0 Å². The molecule has 0 aliphatic heterocycles. The zero-order valence-electron chi connectivity index (χ0n) is 19.8. The highest BCUT2D eigenvalue weighted by Gasteiger charge is 2.61. The quantitative estimate of drug-likeness (QED) is 0.615. The number of nitrogens with one attached hydrogen (secondary N) is 1. The van der Waals surface area contributed by atoms with E-state index < -0.39 is 0 Å². The van der Waals surface area contributed by atoms with E-state index >= 15 is 0 Å². The van der Waals surface area contributed by atoms with Crippen LogP contribution in [-0.4, -0.2) is 34.9 Å². The minimum absolute atomic E-state index is 0.0718. The Hall–Kier alpha value is -3.15. The van der Waals surface area contributed by atoms with E-state index in [2.05, 4.69) is 34.2 Å². The van der Waals surface area contributed by atoms with E-state index in [4.69, 9.17) is 4.74 Å². The molecule has 0 spiro atoms. The molecule has 1 heterocycles. The van der Waals surface area contributed by atoms with E-state index in [0.29, 0.717) is 35.1 Å². The van der Waals surface area contributed by atoms with Crippen molar-refractivity contribution >= 4 is 16.8 Å². The first-order valence-electron chi connectivity index (χ1n) is 12.3. The van der Waals surface area contributed by atoms with Crippen LogP contribution in [0.4, 0.5) is 0 Å². The van der Waals surface area contributed by atoms with Crippen LogP contribution in [0.15, 0.2) is 53.3 Å². The summed E-state index contributed by atoms with van der Waals surface area (Å²) in [6, 6.07) is 15.8. The van der Waals surface area contributed by atoms with Gasteiger partial charge >= 0.3 is 0 Å². The van der Waals surface area contributed by atoms with E-state index in [-0.39, 0.29) is 22.3 Å². The van der Waals surface area contributed by atoms with Crippen molar-refractivity contribution in [3.8, 4) is 5.75 Å². The molecule has 2 aromatic carbocycles. The second kappa shape index (κ2) is 7.69. The fourth-order valence-corrected chi connectivity index (χ4v) is 7.71. The Balaban J connectivity index is 1.29. The van der Waals surface area contributed by atoms with E-state index in [1.165, 1.54) is 24.8 Å². The van der Waals surface area contributed by atoms with Crippen LogP contribution in [-0.2, 0) is 16.8 Å². The first-order valence-corrected chi connectivity index (χ1v) is 12.3. The summed E-state index contributed by atoms with van der Waals surface area (Å²) in [6.45, 7) is 0.311. The van der Waals surface area contributed by atoms with Crippen LogP contribution in [0.3, 0.4) is 0 Å². The molecule has 0 radical (unpaired) electrons. The number of rotatable bonds is 5. The van der Waals surface area contributed by atoms with Crippen LogP contribution in [0.25, 0.3) is 10.9 Å². The Morgan fingerprint density at radius 3 is 2.50 bits per heavy atom. The lowest BCUT2D eigenvalue weighted by molar-refractivity contribution is -0.159. The summed E-state index contributed by atoms with van der Waals surface area (Å²) in [5, 5.41) is 0.572. The van der Waals surface area contributed by atoms with E-state index in [1.54, 1.807) is 18.1 Å². The molecule has 4 aliphatic rings. The zero-order valence-corrected chi connectivity index (χ0v) is 19.8. The number of carbonyl (C=O) groups excluding carboxylic acids is 1. The number of aromatic amines is 1. The van der Waals surface area contributed by atoms with Crippen molar-refractivity contribution < 1.29 is 9.53 Å². The fraction of sp³-hybridized carbons (Fsp3) is 0.464. The van der Waals surface area contributed by atoms with Crippen molar-refractivity contribution in [2.24, 2.45) is 17.3 Å². The number of amides is 1. The summed E-state index contributed by atoms with van der Waals surface area (Å²) in [6.07, 6.45) is 6.46. The number of methoxy groups -OCH3 is 1. The summed E-state index contributed by atoms with van der Waals surface area (Å²) >= 11 is 0. The van der Waals surface area contributed by atoms with E-state index in [1.807, 2.05) is 25.2 Å². The van der Waals surface area contributed by atoms with Crippen LogP contribution in [0.1, 0.15) is 49.9 Å². The largest absolute Gasteiger partial charge is 0.497 e. The topological polar surface area (TPSA) is 75.3 Å². The molecular formula is C28H31N3O3. The normalized spacial score (nSPS) is 29.4. The molecule has 4 fully saturated rings. The van der Waals surface area contributed by atoms with Crippen molar-refractivity contribution in [1.82, 2.24) is 14.9 Å². The Labute approximate surface area is 199 Å². The second-order valence-electron chi connectivity index (χ2n) is 10.9. The van der Waals surface area contributed by atoms with Gasteiger partial charge in [0.25, 0.3) is 5.56 Å². The Kier molecular flexibility index (Phi) is 4.84. The maximum absolute atomic E-state index is 14.0. The maximum atomic E-state index is 14.0. The van der Waals surface area contributed by atoms with Gasteiger partial charge in [-0.15, -0.1) is 0 Å². The van der Waals surface area contributed by atoms with Crippen molar-refractivity contribution in [2.45, 2.75) is 50.5 Å². The van der Waals surface area contributed by atoms with Gasteiger partial charge in [0.2, 0.25) is 5.91 Å². The van der Waals surface area contributed by atoms with Gasteiger partial charge in [-0.3, -0.25) is 9.59 Å². The predicted octanol–water partition coefficient (Wildman–Crippen LogP) is 4.43. The number of benzene rings is 2. The SMILES string of the molecule is COc1ccc(C23CC4CC(CC(C(=O)N(C)Cc5nc6ccccc6c(=O)[nH]5)(C4)C2)C3)cc1. The predicted molar refractivity (Wildman–Crippen MR) is 131 cm³/mol. The molecule has 6 heteroatoms. The van der Waals surface area contributed by atoms with E-state index in [9.17, 15) is 9.59 Å². The molecule has 2 atom stereocenters. The number of para-hydroxylation sites is 1. The lowest BCUT2D eigenvalue weighted by Gasteiger charge is -2.62. The molecule has 0 saturated heterocycles. The van der Waals surface area contributed by atoms with Crippen LogP contribution < -0.4 is 10.3 Å². The molecule has 6 nitrogen and oxygen atoms in total. The molecule has 176 valence electrons. The molecule has 1 amide bonds. The highest BCUT2D eigenvalue weighted by molar-refractivity contribution is 5.83. The molecule has 7 rings (SSSR count). The number of hydrogen-bond donors (Lipinski definition) is 1. The minimum Gasteiger partial charge on any atom is -0.497 e. The summed E-state index contributed by atoms with van der Waals surface area (Å²) < 4.78 is 5.38. The second-order valence-corrected chi connectivity index (χ2v) is 10.9. The minimum atomic E-state index is -0.324. The van der Waals surface area contributed by atoms with Gasteiger partial charge < -0.3 is 14.6 Å². The maximum Gasteiger partial charge on any atom is 0.258 e. The van der Waals surface area contributed by atoms with Gasteiger partial charge in [0.1, 0.15) is 11.6 Å². The van der Waals surface area contributed by atoms with Crippen LogP contribution in [0, 0.1) is 17.3 Å². The molecule has 4 bridgehead atoms. The van der Waals surface area contributed by atoms with Gasteiger partial charge in [0.15, 0.2) is 0 Å². The number of nitrogens with zero attached hydrogens (tertiary/aromatic N) is 2. The van der Waals surface area contributed by atoms with Gasteiger partial charge in [0.05, 0.1) is 30.0 Å². The van der Waals surface area contributed by atoms with Gasteiger partial charge in [0, 0.05) is 7.05 Å². The highest BCUT2D eigenvalue weighted by atomic mass is 16.5. The first-order chi connectivity index (χ1) is 16.4. The monoisotopic (exact) mass is 457 g/mol. The Morgan fingerprint density at radius 2 is 1.79 bits per heavy atom. The number of aromatic nitrogens is 2. The van der Waals surface area contributed by atoms with Gasteiger partial charge in [-0.05, 0) is 85.6 Å².